The van der Waals surface area contributed by atoms with Gasteiger partial charge in [0.15, 0.2) is 0 Å². The van der Waals surface area contributed by atoms with Gasteiger partial charge in [-0.2, -0.15) is 4.98 Å². The number of hydrogen-bond acceptors (Lipinski definition) is 4. The lowest BCUT2D eigenvalue weighted by atomic mass is 9.93. The summed E-state index contributed by atoms with van der Waals surface area (Å²) in [6.07, 6.45) is 3.61. The first-order valence-electron chi connectivity index (χ1n) is 7.57. The molecule has 1 aromatic heterocycles. The van der Waals surface area contributed by atoms with E-state index in [1.54, 1.807) is 0 Å². The Labute approximate surface area is 125 Å². The zero-order chi connectivity index (χ0) is 15.4. The second kappa shape index (κ2) is 6.93. The van der Waals surface area contributed by atoms with E-state index in [4.69, 9.17) is 15.2 Å². The SMILES string of the molecule is COc1nc(C2CCOCC2)c(CCC(C)C)n1C(N)=O. The van der Waals surface area contributed by atoms with Crippen molar-refractivity contribution in [3.05, 3.63) is 11.4 Å². The van der Waals surface area contributed by atoms with Crippen LogP contribution in [-0.4, -0.2) is 35.9 Å². The number of carbonyl (C=O) groups excluding carboxylic acids is 1. The van der Waals surface area contributed by atoms with Crippen LogP contribution >= 0.6 is 0 Å². The summed E-state index contributed by atoms with van der Waals surface area (Å²) in [4.78, 5) is 16.3. The fourth-order valence-electron chi connectivity index (χ4n) is 2.77. The Kier molecular flexibility index (Phi) is 5.22. The van der Waals surface area contributed by atoms with E-state index in [0.29, 0.717) is 17.8 Å². The highest BCUT2D eigenvalue weighted by Gasteiger charge is 2.27. The van der Waals surface area contributed by atoms with Crippen LogP contribution in [0.2, 0.25) is 0 Å². The van der Waals surface area contributed by atoms with E-state index in [9.17, 15) is 4.79 Å². The average Bonchev–Trinajstić information content (AvgIpc) is 2.84. The summed E-state index contributed by atoms with van der Waals surface area (Å²) < 4.78 is 12.1. The molecule has 0 spiro atoms. The largest absolute Gasteiger partial charge is 0.468 e. The first-order valence-corrected chi connectivity index (χ1v) is 7.57. The van der Waals surface area contributed by atoms with Crippen molar-refractivity contribution in [3.63, 3.8) is 0 Å². The van der Waals surface area contributed by atoms with Crippen LogP contribution in [0.5, 0.6) is 6.01 Å². The minimum absolute atomic E-state index is 0.294. The fourth-order valence-corrected chi connectivity index (χ4v) is 2.77. The summed E-state index contributed by atoms with van der Waals surface area (Å²) in [5.74, 6) is 0.866. The third-order valence-electron chi connectivity index (χ3n) is 3.94. The molecule has 6 heteroatoms. The van der Waals surface area contributed by atoms with Gasteiger partial charge in [0.2, 0.25) is 0 Å². The predicted molar refractivity (Wildman–Crippen MR) is 79.7 cm³/mol. The maximum Gasteiger partial charge on any atom is 0.327 e. The fraction of sp³-hybridized carbons (Fsp3) is 0.733. The van der Waals surface area contributed by atoms with Crippen molar-refractivity contribution in [2.75, 3.05) is 20.3 Å². The summed E-state index contributed by atoms with van der Waals surface area (Å²) in [6.45, 7) is 5.80. The first kappa shape index (κ1) is 15.8. The number of hydrogen-bond donors (Lipinski definition) is 1. The van der Waals surface area contributed by atoms with Crippen molar-refractivity contribution >= 4 is 6.03 Å². The van der Waals surface area contributed by atoms with E-state index >= 15 is 0 Å². The number of aromatic nitrogens is 2. The van der Waals surface area contributed by atoms with E-state index < -0.39 is 6.03 Å². The Bertz CT molecular complexity index is 491. The molecule has 2 rings (SSSR count). The van der Waals surface area contributed by atoms with E-state index in [1.807, 2.05) is 0 Å². The van der Waals surface area contributed by atoms with Crippen LogP contribution in [0.15, 0.2) is 0 Å². The first-order chi connectivity index (χ1) is 10.0. The molecule has 2 heterocycles. The number of ether oxygens (including phenoxy) is 2. The van der Waals surface area contributed by atoms with Gasteiger partial charge in [-0.25, -0.2) is 9.36 Å². The molecule has 0 atom stereocenters. The van der Waals surface area contributed by atoms with Crippen molar-refractivity contribution < 1.29 is 14.3 Å². The summed E-state index contributed by atoms with van der Waals surface area (Å²) in [7, 11) is 1.52. The van der Waals surface area contributed by atoms with Crippen LogP contribution < -0.4 is 10.5 Å². The molecule has 1 aromatic rings. The quantitative estimate of drug-likeness (QED) is 0.904. The number of nitrogens with zero attached hydrogens (tertiary/aromatic N) is 2. The molecule has 21 heavy (non-hydrogen) atoms. The smallest absolute Gasteiger partial charge is 0.327 e. The molecule has 0 bridgehead atoms. The van der Waals surface area contributed by atoms with Crippen molar-refractivity contribution in [1.82, 2.24) is 9.55 Å². The second-order valence-electron chi connectivity index (χ2n) is 5.92. The molecule has 0 radical (unpaired) electrons. The molecule has 1 aliphatic heterocycles. The Morgan fingerprint density at radius 1 is 1.48 bits per heavy atom. The van der Waals surface area contributed by atoms with Gasteiger partial charge >= 0.3 is 12.0 Å². The lowest BCUT2D eigenvalue weighted by Crippen LogP contribution is -2.23. The number of carbonyl (C=O) groups is 1. The molecular formula is C15H25N3O3. The number of rotatable bonds is 5. The number of methoxy groups -OCH3 is 1. The number of nitrogens with two attached hydrogens (primary N) is 1. The summed E-state index contributed by atoms with van der Waals surface area (Å²) in [5.41, 5.74) is 7.38. The molecular weight excluding hydrogens is 270 g/mol. The lowest BCUT2D eigenvalue weighted by molar-refractivity contribution is 0.0843. The molecule has 2 N–H and O–H groups in total. The van der Waals surface area contributed by atoms with E-state index in [0.717, 1.165) is 50.3 Å². The third-order valence-corrected chi connectivity index (χ3v) is 3.94. The van der Waals surface area contributed by atoms with Gasteiger partial charge in [0.25, 0.3) is 0 Å². The second-order valence-corrected chi connectivity index (χ2v) is 5.92. The molecule has 0 saturated carbocycles. The van der Waals surface area contributed by atoms with Gasteiger partial charge in [0.1, 0.15) is 0 Å². The van der Waals surface area contributed by atoms with Gasteiger partial charge < -0.3 is 15.2 Å². The van der Waals surface area contributed by atoms with Gasteiger partial charge in [0, 0.05) is 19.1 Å². The van der Waals surface area contributed by atoms with Crippen LogP contribution in [0.25, 0.3) is 0 Å². The number of imidazole rings is 1. The molecule has 6 nitrogen and oxygen atoms in total. The van der Waals surface area contributed by atoms with Crippen LogP contribution in [0.4, 0.5) is 4.79 Å². The number of amides is 1. The Hall–Kier alpha value is -1.56. The molecule has 1 saturated heterocycles. The van der Waals surface area contributed by atoms with Gasteiger partial charge in [-0.15, -0.1) is 0 Å². The minimum atomic E-state index is -0.531. The van der Waals surface area contributed by atoms with Crippen LogP contribution in [0.1, 0.15) is 50.4 Å². The molecule has 1 fully saturated rings. The minimum Gasteiger partial charge on any atom is -0.468 e. The molecule has 1 amide bonds. The Morgan fingerprint density at radius 2 is 2.14 bits per heavy atom. The molecule has 0 unspecified atom stereocenters. The molecule has 1 aliphatic rings. The van der Waals surface area contributed by atoms with Crippen molar-refractivity contribution in [3.8, 4) is 6.01 Å². The topological polar surface area (TPSA) is 79.4 Å². The van der Waals surface area contributed by atoms with Crippen molar-refractivity contribution in [1.29, 1.82) is 0 Å². The monoisotopic (exact) mass is 295 g/mol. The summed E-state index contributed by atoms with van der Waals surface area (Å²) in [5, 5.41) is 0. The van der Waals surface area contributed by atoms with E-state index in [1.165, 1.54) is 11.7 Å². The van der Waals surface area contributed by atoms with Gasteiger partial charge in [0.05, 0.1) is 18.5 Å². The van der Waals surface area contributed by atoms with Crippen LogP contribution in [0, 0.1) is 5.92 Å². The zero-order valence-electron chi connectivity index (χ0n) is 13.1. The maximum atomic E-state index is 11.8. The summed E-state index contributed by atoms with van der Waals surface area (Å²) in [6, 6.07) is -0.237. The van der Waals surface area contributed by atoms with Gasteiger partial charge in [-0.3, -0.25) is 0 Å². The van der Waals surface area contributed by atoms with Crippen LogP contribution in [-0.2, 0) is 11.2 Å². The molecule has 0 aromatic carbocycles. The normalized spacial score (nSPS) is 16.4. The number of primary amides is 1. The van der Waals surface area contributed by atoms with E-state index in [2.05, 4.69) is 18.8 Å². The van der Waals surface area contributed by atoms with Crippen molar-refractivity contribution in [2.24, 2.45) is 11.7 Å². The van der Waals surface area contributed by atoms with Crippen molar-refractivity contribution in [2.45, 2.75) is 45.4 Å². The lowest BCUT2D eigenvalue weighted by Gasteiger charge is -2.21. The zero-order valence-corrected chi connectivity index (χ0v) is 13.1. The predicted octanol–water partition coefficient (Wildman–Crippen LogP) is 2.30. The van der Waals surface area contributed by atoms with Gasteiger partial charge in [-0.1, -0.05) is 13.8 Å². The average molecular weight is 295 g/mol. The third kappa shape index (κ3) is 3.56. The van der Waals surface area contributed by atoms with Crippen LogP contribution in [0.3, 0.4) is 0 Å². The maximum absolute atomic E-state index is 11.8. The standard InChI is InChI=1S/C15H25N3O3/c1-10(2)4-5-12-13(11-6-8-21-9-7-11)17-15(20-3)18(12)14(16)19/h10-11H,4-9H2,1-3H3,(H2,16,19). The highest BCUT2D eigenvalue weighted by Crippen LogP contribution is 2.32. The Balaban J connectivity index is 2.38. The molecule has 118 valence electrons. The van der Waals surface area contributed by atoms with E-state index in [-0.39, 0.29) is 0 Å². The Morgan fingerprint density at radius 3 is 2.67 bits per heavy atom. The highest BCUT2D eigenvalue weighted by molar-refractivity contribution is 5.77. The highest BCUT2D eigenvalue weighted by atomic mass is 16.5. The van der Waals surface area contributed by atoms with Gasteiger partial charge in [-0.05, 0) is 31.6 Å². The summed E-state index contributed by atoms with van der Waals surface area (Å²) >= 11 is 0. The molecule has 0 aliphatic carbocycles.